The lowest BCUT2D eigenvalue weighted by Gasteiger charge is -2.25. The Balaban J connectivity index is 1.95. The molecule has 0 amide bonds. The van der Waals surface area contributed by atoms with Crippen molar-refractivity contribution in [2.75, 3.05) is 13.2 Å². The first-order valence-electron chi connectivity index (χ1n) is 5.13. The Kier molecular flexibility index (Phi) is 3.31. The molecule has 0 aromatic heterocycles. The van der Waals surface area contributed by atoms with Crippen molar-refractivity contribution in [1.82, 2.24) is 5.32 Å². The van der Waals surface area contributed by atoms with E-state index in [-0.39, 0.29) is 12.1 Å². The second-order valence-electron chi connectivity index (χ2n) is 3.46. The zero-order valence-corrected chi connectivity index (χ0v) is 9.09. The van der Waals surface area contributed by atoms with E-state index in [0.717, 1.165) is 5.75 Å². The summed E-state index contributed by atoms with van der Waals surface area (Å²) in [6.45, 7) is 0.759. The van der Waals surface area contributed by atoms with Crippen LogP contribution < -0.4 is 20.5 Å². The number of nitriles is 1. The fourth-order valence-electron chi connectivity index (χ4n) is 1.45. The first-order chi connectivity index (χ1) is 8.29. The van der Waals surface area contributed by atoms with Gasteiger partial charge in [-0.3, -0.25) is 5.32 Å². The second kappa shape index (κ2) is 5.07. The van der Waals surface area contributed by atoms with Crippen LogP contribution in [0.5, 0.6) is 11.5 Å². The summed E-state index contributed by atoms with van der Waals surface area (Å²) in [7, 11) is 0. The molecule has 1 aliphatic heterocycles. The molecule has 0 radical (unpaired) electrons. The van der Waals surface area contributed by atoms with Crippen molar-refractivity contribution in [3.05, 3.63) is 24.3 Å². The van der Waals surface area contributed by atoms with E-state index in [1.807, 2.05) is 24.3 Å². The second-order valence-corrected chi connectivity index (χ2v) is 3.46. The van der Waals surface area contributed by atoms with Crippen LogP contribution in [0.1, 0.15) is 0 Å². The molecule has 88 valence electrons. The molecule has 1 aromatic rings. The molecular weight excluding hydrogens is 220 g/mol. The molecular formula is C11H12N4O2. The number of hydrogen-bond donors (Lipinski definition) is 2. The molecule has 0 fully saturated rings. The molecule has 6 heteroatoms. The van der Waals surface area contributed by atoms with Gasteiger partial charge in [-0.05, 0) is 12.1 Å². The van der Waals surface area contributed by atoms with Crippen LogP contribution in [0.4, 0.5) is 0 Å². The minimum Gasteiger partial charge on any atom is -0.486 e. The molecule has 1 atom stereocenters. The zero-order valence-electron chi connectivity index (χ0n) is 9.09. The molecule has 1 unspecified atom stereocenters. The first-order valence-corrected chi connectivity index (χ1v) is 5.13. The van der Waals surface area contributed by atoms with Gasteiger partial charge in [-0.2, -0.15) is 5.26 Å². The van der Waals surface area contributed by atoms with E-state index in [2.05, 4.69) is 10.3 Å². The Labute approximate surface area is 98.7 Å². The summed E-state index contributed by atoms with van der Waals surface area (Å²) in [5, 5.41) is 10.6. The van der Waals surface area contributed by atoms with Crippen LogP contribution in [0.2, 0.25) is 0 Å². The zero-order chi connectivity index (χ0) is 12.1. The number of nitrogens with zero attached hydrogens (tertiary/aromatic N) is 2. The first kappa shape index (κ1) is 11.1. The summed E-state index contributed by atoms with van der Waals surface area (Å²) >= 11 is 0. The van der Waals surface area contributed by atoms with Crippen LogP contribution in [0.15, 0.2) is 29.3 Å². The monoisotopic (exact) mass is 232 g/mol. The van der Waals surface area contributed by atoms with Gasteiger partial charge in [0.25, 0.3) is 0 Å². The maximum atomic E-state index is 8.33. The lowest BCUT2D eigenvalue weighted by Crippen LogP contribution is -2.34. The molecule has 2 rings (SSSR count). The number of ether oxygens (including phenoxy) is 2. The largest absolute Gasteiger partial charge is 0.486 e. The topological polar surface area (TPSA) is 92.7 Å². The Hall–Kier alpha value is -2.42. The van der Waals surface area contributed by atoms with E-state index in [9.17, 15) is 0 Å². The third-order valence-electron chi connectivity index (χ3n) is 2.22. The summed E-state index contributed by atoms with van der Waals surface area (Å²) in [5.41, 5.74) is 5.42. The number of nitrogens with two attached hydrogens (primary N) is 1. The van der Waals surface area contributed by atoms with Gasteiger partial charge in [0.05, 0.1) is 6.54 Å². The fourth-order valence-corrected chi connectivity index (χ4v) is 1.45. The molecule has 0 saturated carbocycles. The van der Waals surface area contributed by atoms with Gasteiger partial charge in [0.2, 0.25) is 5.96 Å². The molecule has 1 heterocycles. The van der Waals surface area contributed by atoms with Gasteiger partial charge in [-0.15, -0.1) is 0 Å². The van der Waals surface area contributed by atoms with Gasteiger partial charge in [-0.1, -0.05) is 12.1 Å². The van der Waals surface area contributed by atoms with Crippen molar-refractivity contribution in [1.29, 1.82) is 5.26 Å². The van der Waals surface area contributed by atoms with Crippen molar-refractivity contribution in [3.63, 3.8) is 0 Å². The van der Waals surface area contributed by atoms with E-state index in [1.54, 1.807) is 6.19 Å². The van der Waals surface area contributed by atoms with Crippen molar-refractivity contribution in [2.24, 2.45) is 10.7 Å². The fraction of sp³-hybridized carbons (Fsp3) is 0.273. The van der Waals surface area contributed by atoms with Gasteiger partial charge in [0.1, 0.15) is 6.61 Å². The summed E-state index contributed by atoms with van der Waals surface area (Å²) in [4.78, 5) is 3.97. The van der Waals surface area contributed by atoms with Crippen molar-refractivity contribution in [3.8, 4) is 17.7 Å². The van der Waals surface area contributed by atoms with Crippen molar-refractivity contribution >= 4 is 5.96 Å². The van der Waals surface area contributed by atoms with Crippen LogP contribution in [0, 0.1) is 11.5 Å². The summed E-state index contributed by atoms with van der Waals surface area (Å²) in [6.07, 6.45) is 1.50. The number of nitrogens with one attached hydrogen (secondary N) is 1. The molecule has 6 nitrogen and oxygen atoms in total. The van der Waals surface area contributed by atoms with Crippen LogP contribution in [-0.4, -0.2) is 25.2 Å². The quantitative estimate of drug-likeness (QED) is 0.329. The highest BCUT2D eigenvalue weighted by Gasteiger charge is 2.19. The van der Waals surface area contributed by atoms with Crippen LogP contribution in [0.25, 0.3) is 0 Å². The van der Waals surface area contributed by atoms with Crippen LogP contribution in [0.3, 0.4) is 0 Å². The molecule has 17 heavy (non-hydrogen) atoms. The van der Waals surface area contributed by atoms with Crippen molar-refractivity contribution in [2.45, 2.75) is 6.10 Å². The van der Waals surface area contributed by atoms with Gasteiger partial charge >= 0.3 is 0 Å². The average molecular weight is 232 g/mol. The molecule has 3 N–H and O–H groups in total. The summed E-state index contributed by atoms with van der Waals surface area (Å²) < 4.78 is 11.2. The number of hydrogen-bond acceptors (Lipinski definition) is 4. The lowest BCUT2D eigenvalue weighted by atomic mass is 10.2. The summed E-state index contributed by atoms with van der Waals surface area (Å²) in [5.74, 6) is 1.51. The molecule has 1 aliphatic rings. The number of aliphatic imine (C=N–C) groups is 1. The number of rotatable bonds is 2. The van der Waals surface area contributed by atoms with Crippen LogP contribution >= 0.6 is 0 Å². The highest BCUT2D eigenvalue weighted by Crippen LogP contribution is 2.30. The van der Waals surface area contributed by atoms with E-state index >= 15 is 0 Å². The molecule has 0 bridgehead atoms. The normalized spacial score (nSPS) is 18.3. The van der Waals surface area contributed by atoms with Crippen LogP contribution in [-0.2, 0) is 0 Å². The number of para-hydroxylation sites is 2. The standard InChI is InChI=1S/C11H12N4O2/c12-7-15-11(13)14-5-8-6-16-9-3-1-2-4-10(9)17-8/h1-4,8H,5-6H2,(H3,13,14,15). The molecule has 0 saturated heterocycles. The van der Waals surface area contributed by atoms with Crippen molar-refractivity contribution < 1.29 is 9.47 Å². The van der Waals surface area contributed by atoms with E-state index in [4.69, 9.17) is 20.5 Å². The Bertz CT molecular complexity index is 467. The number of benzene rings is 1. The highest BCUT2D eigenvalue weighted by atomic mass is 16.6. The highest BCUT2D eigenvalue weighted by molar-refractivity contribution is 5.79. The Morgan fingerprint density at radius 2 is 2.29 bits per heavy atom. The molecule has 1 aromatic carbocycles. The number of fused-ring (bicyclic) bond motifs is 1. The minimum absolute atomic E-state index is 0.0787. The minimum atomic E-state index is -0.191. The predicted molar refractivity (Wildman–Crippen MR) is 61.6 cm³/mol. The summed E-state index contributed by atoms with van der Waals surface area (Å²) in [6, 6.07) is 7.44. The lowest BCUT2D eigenvalue weighted by molar-refractivity contribution is 0.0972. The SMILES string of the molecule is N#CNC(N)=NCC1COc2ccccc2O1. The van der Waals surface area contributed by atoms with Gasteiger partial charge < -0.3 is 15.2 Å². The van der Waals surface area contributed by atoms with E-state index in [0.29, 0.717) is 18.9 Å². The molecule has 0 spiro atoms. The average Bonchev–Trinajstić information content (AvgIpc) is 2.36. The van der Waals surface area contributed by atoms with E-state index < -0.39 is 0 Å². The predicted octanol–water partition coefficient (Wildman–Crippen LogP) is 0.212. The van der Waals surface area contributed by atoms with E-state index in [1.165, 1.54) is 0 Å². The number of guanidine groups is 1. The Morgan fingerprint density at radius 3 is 3.06 bits per heavy atom. The molecule has 0 aliphatic carbocycles. The smallest absolute Gasteiger partial charge is 0.202 e. The van der Waals surface area contributed by atoms with Gasteiger partial charge in [0.15, 0.2) is 23.8 Å². The van der Waals surface area contributed by atoms with Gasteiger partial charge in [-0.25, -0.2) is 4.99 Å². The maximum Gasteiger partial charge on any atom is 0.202 e. The third kappa shape index (κ3) is 2.78. The third-order valence-corrected chi connectivity index (χ3v) is 2.22. The maximum absolute atomic E-state index is 8.33. The Morgan fingerprint density at radius 1 is 1.53 bits per heavy atom. The van der Waals surface area contributed by atoms with Gasteiger partial charge in [0, 0.05) is 0 Å².